The van der Waals surface area contributed by atoms with Crippen molar-refractivity contribution in [3.05, 3.63) is 29.8 Å². The predicted molar refractivity (Wildman–Crippen MR) is 78.3 cm³/mol. The van der Waals surface area contributed by atoms with Crippen LogP contribution in [0.2, 0.25) is 0 Å². The van der Waals surface area contributed by atoms with Crippen LogP contribution >= 0.6 is 0 Å². The largest absolute Gasteiger partial charge is 0.490 e. The van der Waals surface area contributed by atoms with Crippen molar-refractivity contribution in [1.29, 1.82) is 0 Å². The molecule has 1 aliphatic heterocycles. The predicted octanol–water partition coefficient (Wildman–Crippen LogP) is 3.54. The molecule has 1 saturated carbocycles. The van der Waals surface area contributed by atoms with Crippen LogP contribution in [0, 0.1) is 11.3 Å². The van der Waals surface area contributed by atoms with Crippen LogP contribution in [0.4, 0.5) is 0 Å². The van der Waals surface area contributed by atoms with Crippen molar-refractivity contribution in [2.45, 2.75) is 51.6 Å². The molecular formula is C17H25NO. The van der Waals surface area contributed by atoms with Gasteiger partial charge in [0.1, 0.15) is 11.9 Å². The Kier molecular flexibility index (Phi) is 3.53. The SMILES string of the molecule is CC1CCCC(CN)(CC2Cc3ccccc3O2)C1. The summed E-state index contributed by atoms with van der Waals surface area (Å²) in [5.41, 5.74) is 7.82. The molecule has 0 spiro atoms. The van der Waals surface area contributed by atoms with Gasteiger partial charge in [0.05, 0.1) is 0 Å². The van der Waals surface area contributed by atoms with E-state index in [1.54, 1.807) is 0 Å². The number of para-hydroxylation sites is 1. The highest BCUT2D eigenvalue weighted by Gasteiger charge is 2.38. The van der Waals surface area contributed by atoms with E-state index in [1.807, 2.05) is 0 Å². The number of nitrogens with two attached hydrogens (primary N) is 1. The molecular weight excluding hydrogens is 234 g/mol. The average molecular weight is 259 g/mol. The lowest BCUT2D eigenvalue weighted by molar-refractivity contribution is 0.0824. The van der Waals surface area contributed by atoms with Gasteiger partial charge in [-0.2, -0.15) is 0 Å². The van der Waals surface area contributed by atoms with Gasteiger partial charge in [-0.1, -0.05) is 38.0 Å². The van der Waals surface area contributed by atoms with Crippen molar-refractivity contribution in [3.8, 4) is 5.75 Å². The van der Waals surface area contributed by atoms with Gasteiger partial charge in [0.25, 0.3) is 0 Å². The van der Waals surface area contributed by atoms with E-state index in [0.29, 0.717) is 11.5 Å². The van der Waals surface area contributed by atoms with Gasteiger partial charge in [0.2, 0.25) is 0 Å². The van der Waals surface area contributed by atoms with Crippen LogP contribution in [0.15, 0.2) is 24.3 Å². The monoisotopic (exact) mass is 259 g/mol. The number of rotatable bonds is 3. The second kappa shape index (κ2) is 5.16. The standard InChI is InChI=1S/C17H25NO/c1-13-5-4-8-17(10-13,12-18)11-15-9-14-6-2-3-7-16(14)19-15/h2-3,6-7,13,15H,4-5,8-12,18H2,1H3. The molecule has 1 heterocycles. The molecule has 3 unspecified atom stereocenters. The Labute approximate surface area is 116 Å². The fraction of sp³-hybridized carbons (Fsp3) is 0.647. The zero-order valence-electron chi connectivity index (χ0n) is 11.9. The molecule has 104 valence electrons. The van der Waals surface area contributed by atoms with Gasteiger partial charge in [-0.3, -0.25) is 0 Å². The smallest absolute Gasteiger partial charge is 0.123 e. The van der Waals surface area contributed by atoms with Crippen molar-refractivity contribution in [2.24, 2.45) is 17.1 Å². The molecule has 1 fully saturated rings. The van der Waals surface area contributed by atoms with Gasteiger partial charge < -0.3 is 10.5 Å². The van der Waals surface area contributed by atoms with Crippen LogP contribution in [0.1, 0.15) is 44.6 Å². The Morgan fingerprint density at radius 1 is 1.37 bits per heavy atom. The topological polar surface area (TPSA) is 35.2 Å². The Bertz CT molecular complexity index is 420. The molecule has 2 aliphatic rings. The summed E-state index contributed by atoms with van der Waals surface area (Å²) in [5, 5.41) is 0. The molecule has 0 amide bonds. The van der Waals surface area contributed by atoms with Crippen molar-refractivity contribution >= 4 is 0 Å². The summed E-state index contributed by atoms with van der Waals surface area (Å²) in [5.74, 6) is 1.91. The first-order valence-electron chi connectivity index (χ1n) is 7.65. The number of hydrogen-bond donors (Lipinski definition) is 1. The fourth-order valence-electron chi connectivity index (χ4n) is 4.07. The Hall–Kier alpha value is -1.02. The maximum Gasteiger partial charge on any atom is 0.123 e. The molecule has 0 bridgehead atoms. The Morgan fingerprint density at radius 3 is 2.95 bits per heavy atom. The third kappa shape index (κ3) is 2.64. The molecule has 19 heavy (non-hydrogen) atoms. The maximum absolute atomic E-state index is 6.13. The summed E-state index contributed by atoms with van der Waals surface area (Å²) in [4.78, 5) is 0. The van der Waals surface area contributed by atoms with E-state index in [1.165, 1.54) is 31.2 Å². The minimum Gasteiger partial charge on any atom is -0.490 e. The van der Waals surface area contributed by atoms with Crippen LogP contribution in [0.5, 0.6) is 5.75 Å². The fourth-order valence-corrected chi connectivity index (χ4v) is 4.07. The van der Waals surface area contributed by atoms with Crippen molar-refractivity contribution in [1.82, 2.24) is 0 Å². The summed E-state index contributed by atoms with van der Waals surface area (Å²) >= 11 is 0. The van der Waals surface area contributed by atoms with Crippen molar-refractivity contribution < 1.29 is 4.74 Å². The van der Waals surface area contributed by atoms with Gasteiger partial charge in [-0.25, -0.2) is 0 Å². The lowest BCUT2D eigenvalue weighted by Crippen LogP contribution is -2.39. The lowest BCUT2D eigenvalue weighted by atomic mass is 9.67. The average Bonchev–Trinajstić information content (AvgIpc) is 2.80. The molecule has 2 N–H and O–H groups in total. The lowest BCUT2D eigenvalue weighted by Gasteiger charge is -2.40. The Balaban J connectivity index is 1.68. The van der Waals surface area contributed by atoms with E-state index in [-0.39, 0.29) is 0 Å². The van der Waals surface area contributed by atoms with Crippen LogP contribution in [-0.4, -0.2) is 12.6 Å². The molecule has 2 heteroatoms. The van der Waals surface area contributed by atoms with E-state index in [4.69, 9.17) is 10.5 Å². The molecule has 0 saturated heterocycles. The number of hydrogen-bond acceptors (Lipinski definition) is 2. The third-order valence-corrected chi connectivity index (χ3v) is 4.99. The molecule has 1 aromatic rings. The third-order valence-electron chi connectivity index (χ3n) is 4.99. The van der Waals surface area contributed by atoms with Crippen LogP contribution in [0.25, 0.3) is 0 Å². The summed E-state index contributed by atoms with van der Waals surface area (Å²) in [7, 11) is 0. The van der Waals surface area contributed by atoms with Gasteiger partial charge in [0.15, 0.2) is 0 Å². The van der Waals surface area contributed by atoms with Gasteiger partial charge in [0, 0.05) is 6.42 Å². The second-order valence-electron chi connectivity index (χ2n) is 6.66. The summed E-state index contributed by atoms with van der Waals surface area (Å²) in [6, 6.07) is 8.44. The summed E-state index contributed by atoms with van der Waals surface area (Å²) in [6.07, 6.45) is 7.79. The highest BCUT2D eigenvalue weighted by Crippen LogP contribution is 2.44. The first-order chi connectivity index (χ1) is 9.21. The number of ether oxygens (including phenoxy) is 1. The van der Waals surface area contributed by atoms with E-state index in [2.05, 4.69) is 31.2 Å². The minimum atomic E-state index is 0.324. The first-order valence-corrected chi connectivity index (χ1v) is 7.65. The van der Waals surface area contributed by atoms with Crippen LogP contribution in [0.3, 0.4) is 0 Å². The van der Waals surface area contributed by atoms with Gasteiger partial charge >= 0.3 is 0 Å². The highest BCUT2D eigenvalue weighted by atomic mass is 16.5. The van der Waals surface area contributed by atoms with E-state index in [0.717, 1.165) is 31.1 Å². The van der Waals surface area contributed by atoms with E-state index in [9.17, 15) is 0 Å². The van der Waals surface area contributed by atoms with E-state index < -0.39 is 0 Å². The quantitative estimate of drug-likeness (QED) is 0.901. The van der Waals surface area contributed by atoms with Crippen molar-refractivity contribution in [2.75, 3.05) is 6.54 Å². The van der Waals surface area contributed by atoms with Gasteiger partial charge in [-0.05, 0) is 48.8 Å². The maximum atomic E-state index is 6.13. The molecule has 2 nitrogen and oxygen atoms in total. The Morgan fingerprint density at radius 2 is 2.21 bits per heavy atom. The van der Waals surface area contributed by atoms with Crippen LogP contribution < -0.4 is 10.5 Å². The molecule has 1 aromatic carbocycles. The molecule has 0 aromatic heterocycles. The highest BCUT2D eigenvalue weighted by molar-refractivity contribution is 5.37. The normalized spacial score (nSPS) is 33.8. The molecule has 1 aliphatic carbocycles. The molecule has 0 radical (unpaired) electrons. The summed E-state index contributed by atoms with van der Waals surface area (Å²) in [6.45, 7) is 3.18. The molecule has 3 rings (SSSR count). The number of fused-ring (bicyclic) bond motifs is 1. The summed E-state index contributed by atoms with van der Waals surface area (Å²) < 4.78 is 6.12. The number of benzene rings is 1. The van der Waals surface area contributed by atoms with Crippen molar-refractivity contribution in [3.63, 3.8) is 0 Å². The zero-order valence-corrected chi connectivity index (χ0v) is 11.9. The van der Waals surface area contributed by atoms with Crippen LogP contribution in [-0.2, 0) is 6.42 Å². The van der Waals surface area contributed by atoms with Gasteiger partial charge in [-0.15, -0.1) is 0 Å². The minimum absolute atomic E-state index is 0.324. The van der Waals surface area contributed by atoms with E-state index >= 15 is 0 Å². The zero-order chi connectivity index (χ0) is 13.3. The second-order valence-corrected chi connectivity index (χ2v) is 6.66. The molecule has 3 atom stereocenters. The first kappa shape index (κ1) is 13.0.